The second kappa shape index (κ2) is 5.91. The maximum absolute atomic E-state index is 5.90. The number of nitrogens with one attached hydrogen (secondary N) is 1. The first-order chi connectivity index (χ1) is 5.52. The highest BCUT2D eigenvalue weighted by Gasteiger charge is 2.23. The molecular formula is C8H23NOSi2. The highest BCUT2D eigenvalue weighted by atomic mass is 28.4. The lowest BCUT2D eigenvalue weighted by atomic mass is 10.2. The first kappa shape index (κ1) is 12.4. The summed E-state index contributed by atoms with van der Waals surface area (Å²) in [4.78, 5) is 0. The SMILES string of the molecule is CNCC(C)C[Si](C)(C)O[SiH2]C. The van der Waals surface area contributed by atoms with Crippen LogP contribution in [-0.4, -0.2) is 31.7 Å². The van der Waals surface area contributed by atoms with Crippen LogP contribution in [0.15, 0.2) is 0 Å². The average Bonchev–Trinajstić information content (AvgIpc) is 1.85. The fraction of sp³-hybridized carbons (Fsp3) is 1.00. The quantitative estimate of drug-likeness (QED) is 0.658. The minimum Gasteiger partial charge on any atom is -0.461 e. The van der Waals surface area contributed by atoms with E-state index in [1.165, 1.54) is 6.04 Å². The number of rotatable bonds is 6. The lowest BCUT2D eigenvalue weighted by Crippen LogP contribution is -2.35. The molecule has 0 spiro atoms. The highest BCUT2D eigenvalue weighted by Crippen LogP contribution is 2.16. The van der Waals surface area contributed by atoms with Gasteiger partial charge < -0.3 is 9.43 Å². The Kier molecular flexibility index (Phi) is 6.08. The molecule has 4 heteroatoms. The van der Waals surface area contributed by atoms with Gasteiger partial charge in [-0.1, -0.05) is 13.5 Å². The summed E-state index contributed by atoms with van der Waals surface area (Å²) in [5.74, 6) is 0.761. The summed E-state index contributed by atoms with van der Waals surface area (Å²) in [6.45, 7) is 10.3. The molecule has 0 aliphatic rings. The Labute approximate surface area is 80.2 Å². The van der Waals surface area contributed by atoms with Crippen LogP contribution in [0.3, 0.4) is 0 Å². The molecule has 1 unspecified atom stereocenters. The van der Waals surface area contributed by atoms with Crippen LogP contribution < -0.4 is 5.32 Å². The van der Waals surface area contributed by atoms with E-state index in [9.17, 15) is 0 Å². The van der Waals surface area contributed by atoms with Gasteiger partial charge in [-0.15, -0.1) is 0 Å². The molecule has 0 fully saturated rings. The van der Waals surface area contributed by atoms with E-state index in [0.29, 0.717) is 0 Å². The Morgan fingerprint density at radius 1 is 1.50 bits per heavy atom. The first-order valence-corrected chi connectivity index (χ1v) is 9.91. The van der Waals surface area contributed by atoms with Gasteiger partial charge in [0, 0.05) is 0 Å². The maximum atomic E-state index is 5.90. The molecule has 0 rings (SSSR count). The van der Waals surface area contributed by atoms with Gasteiger partial charge in [-0.25, -0.2) is 0 Å². The van der Waals surface area contributed by atoms with Gasteiger partial charge in [-0.05, 0) is 38.6 Å². The second-order valence-electron chi connectivity index (χ2n) is 4.06. The standard InChI is InChI=1S/C8H23NOSi2/c1-8(6-9-2)7-12(4,5)10-11-3/h8-9H,6-7,11H2,1-5H3. The Balaban J connectivity index is 3.70. The lowest BCUT2D eigenvalue weighted by molar-refractivity contribution is 0.528. The summed E-state index contributed by atoms with van der Waals surface area (Å²) in [6, 6.07) is 1.29. The molecule has 1 N–H and O–H groups in total. The van der Waals surface area contributed by atoms with Crippen LogP contribution in [0.4, 0.5) is 0 Å². The van der Waals surface area contributed by atoms with Crippen molar-refractivity contribution in [3.05, 3.63) is 0 Å². The van der Waals surface area contributed by atoms with Crippen molar-refractivity contribution < 1.29 is 4.12 Å². The topological polar surface area (TPSA) is 21.3 Å². The zero-order valence-corrected chi connectivity index (χ0v) is 11.5. The number of hydrogen-bond donors (Lipinski definition) is 1. The van der Waals surface area contributed by atoms with Crippen LogP contribution in [0.25, 0.3) is 0 Å². The van der Waals surface area contributed by atoms with Crippen molar-refractivity contribution in [2.45, 2.75) is 32.6 Å². The third-order valence-electron chi connectivity index (χ3n) is 1.93. The summed E-state index contributed by atoms with van der Waals surface area (Å²) in [5.41, 5.74) is 0. The minimum atomic E-state index is -1.28. The van der Waals surface area contributed by atoms with Crippen molar-refractivity contribution in [2.75, 3.05) is 13.6 Å². The van der Waals surface area contributed by atoms with Crippen molar-refractivity contribution >= 4 is 18.1 Å². The van der Waals surface area contributed by atoms with Crippen molar-refractivity contribution in [3.63, 3.8) is 0 Å². The van der Waals surface area contributed by atoms with E-state index in [1.54, 1.807) is 0 Å². The molecule has 0 aliphatic heterocycles. The summed E-state index contributed by atoms with van der Waals surface area (Å²) in [6.07, 6.45) is 0. The predicted octanol–water partition coefficient (Wildman–Crippen LogP) is 1.20. The Morgan fingerprint density at radius 2 is 2.08 bits per heavy atom. The molecule has 0 radical (unpaired) electrons. The van der Waals surface area contributed by atoms with Gasteiger partial charge in [0.25, 0.3) is 0 Å². The summed E-state index contributed by atoms with van der Waals surface area (Å²) in [7, 11) is 0.527. The van der Waals surface area contributed by atoms with Gasteiger partial charge in [0.15, 0.2) is 8.32 Å². The van der Waals surface area contributed by atoms with Crippen molar-refractivity contribution in [3.8, 4) is 0 Å². The van der Waals surface area contributed by atoms with Crippen LogP contribution in [-0.2, 0) is 4.12 Å². The summed E-state index contributed by atoms with van der Waals surface area (Å²) >= 11 is 0. The van der Waals surface area contributed by atoms with E-state index in [-0.39, 0.29) is 9.76 Å². The van der Waals surface area contributed by atoms with E-state index in [2.05, 4.69) is 31.9 Å². The smallest absolute Gasteiger partial charge is 0.173 e. The van der Waals surface area contributed by atoms with E-state index in [4.69, 9.17) is 4.12 Å². The highest BCUT2D eigenvalue weighted by molar-refractivity contribution is 6.75. The normalized spacial score (nSPS) is 15.8. The van der Waals surface area contributed by atoms with Gasteiger partial charge in [0.1, 0.15) is 9.76 Å². The van der Waals surface area contributed by atoms with Gasteiger partial charge in [0.2, 0.25) is 0 Å². The predicted molar refractivity (Wildman–Crippen MR) is 60.9 cm³/mol. The van der Waals surface area contributed by atoms with Crippen molar-refractivity contribution in [1.82, 2.24) is 5.32 Å². The van der Waals surface area contributed by atoms with Crippen LogP contribution in [0.1, 0.15) is 6.92 Å². The molecular weight excluding hydrogens is 182 g/mol. The van der Waals surface area contributed by atoms with Gasteiger partial charge in [-0.3, -0.25) is 0 Å². The van der Waals surface area contributed by atoms with Crippen LogP contribution in [0, 0.1) is 5.92 Å². The van der Waals surface area contributed by atoms with Gasteiger partial charge >= 0.3 is 0 Å². The Hall–Kier alpha value is 0.354. The third kappa shape index (κ3) is 5.94. The monoisotopic (exact) mass is 205 g/mol. The average molecular weight is 205 g/mol. The molecule has 0 saturated heterocycles. The zero-order valence-electron chi connectivity index (χ0n) is 9.11. The second-order valence-corrected chi connectivity index (χ2v) is 9.72. The van der Waals surface area contributed by atoms with Crippen LogP contribution >= 0.6 is 0 Å². The number of hydrogen-bond acceptors (Lipinski definition) is 2. The minimum absolute atomic E-state index is 0.206. The lowest BCUT2D eigenvalue weighted by Gasteiger charge is -2.25. The first-order valence-electron chi connectivity index (χ1n) is 4.80. The zero-order chi connectivity index (χ0) is 9.61. The van der Waals surface area contributed by atoms with E-state index in [1.807, 2.05) is 7.05 Å². The fourth-order valence-electron chi connectivity index (χ4n) is 1.71. The molecule has 0 aromatic rings. The molecule has 0 aromatic carbocycles. The fourth-order valence-corrected chi connectivity index (χ4v) is 7.13. The molecule has 0 aromatic heterocycles. The maximum Gasteiger partial charge on any atom is 0.173 e. The van der Waals surface area contributed by atoms with Gasteiger partial charge in [-0.2, -0.15) is 0 Å². The third-order valence-corrected chi connectivity index (χ3v) is 7.89. The van der Waals surface area contributed by atoms with Crippen molar-refractivity contribution in [2.24, 2.45) is 5.92 Å². The molecule has 2 nitrogen and oxygen atoms in total. The molecule has 0 amide bonds. The van der Waals surface area contributed by atoms with E-state index >= 15 is 0 Å². The largest absolute Gasteiger partial charge is 0.461 e. The van der Waals surface area contributed by atoms with Crippen LogP contribution in [0.5, 0.6) is 0 Å². The van der Waals surface area contributed by atoms with Crippen LogP contribution in [0.2, 0.25) is 25.7 Å². The molecule has 74 valence electrons. The van der Waals surface area contributed by atoms with E-state index in [0.717, 1.165) is 12.5 Å². The molecule has 0 heterocycles. The Bertz CT molecular complexity index is 120. The molecule has 0 aliphatic carbocycles. The molecule has 12 heavy (non-hydrogen) atoms. The molecule has 0 saturated carbocycles. The summed E-state index contributed by atoms with van der Waals surface area (Å²) < 4.78 is 5.90. The van der Waals surface area contributed by atoms with Crippen molar-refractivity contribution in [1.29, 1.82) is 0 Å². The van der Waals surface area contributed by atoms with E-state index < -0.39 is 8.32 Å². The summed E-state index contributed by atoms with van der Waals surface area (Å²) in [5, 5.41) is 3.21. The Morgan fingerprint density at radius 3 is 2.50 bits per heavy atom. The molecule has 1 atom stereocenters. The molecule has 0 bridgehead atoms. The van der Waals surface area contributed by atoms with Gasteiger partial charge in [0.05, 0.1) is 0 Å².